The number of rotatable bonds is 5. The fourth-order valence-corrected chi connectivity index (χ4v) is 3.13. The van der Waals surface area contributed by atoms with Gasteiger partial charge in [-0.25, -0.2) is 0 Å². The minimum atomic E-state index is 0.733. The Labute approximate surface area is 107 Å². The van der Waals surface area contributed by atoms with Crippen molar-refractivity contribution in [2.24, 2.45) is 0 Å². The van der Waals surface area contributed by atoms with Gasteiger partial charge in [0.15, 0.2) is 0 Å². The van der Waals surface area contributed by atoms with E-state index in [4.69, 9.17) is 0 Å². The van der Waals surface area contributed by atoms with Crippen molar-refractivity contribution in [2.75, 3.05) is 39.8 Å². The van der Waals surface area contributed by atoms with Crippen molar-refractivity contribution in [1.29, 1.82) is 0 Å². The second-order valence-electron chi connectivity index (χ2n) is 5.93. The molecule has 2 aliphatic heterocycles. The lowest BCUT2D eigenvalue weighted by Crippen LogP contribution is -2.35. The lowest BCUT2D eigenvalue weighted by Gasteiger charge is -2.26. The molecule has 2 heterocycles. The summed E-state index contributed by atoms with van der Waals surface area (Å²) in [5, 5.41) is 3.71. The van der Waals surface area contributed by atoms with Gasteiger partial charge >= 0.3 is 0 Å². The van der Waals surface area contributed by atoms with Crippen molar-refractivity contribution in [3.8, 4) is 0 Å². The molecule has 0 spiro atoms. The number of likely N-dealkylation sites (N-methyl/N-ethyl adjacent to an activating group) is 1. The maximum atomic E-state index is 3.71. The quantitative estimate of drug-likeness (QED) is 0.734. The second kappa shape index (κ2) is 6.72. The number of hydrogen-bond donors (Lipinski definition) is 1. The van der Waals surface area contributed by atoms with Crippen LogP contribution < -0.4 is 5.32 Å². The molecule has 2 fully saturated rings. The maximum Gasteiger partial charge on any atom is 0.0209 e. The Balaban J connectivity index is 1.51. The monoisotopic (exact) mass is 239 g/mol. The van der Waals surface area contributed by atoms with Crippen LogP contribution in [0.4, 0.5) is 0 Å². The zero-order valence-corrected chi connectivity index (χ0v) is 11.6. The molecule has 0 aromatic rings. The summed E-state index contributed by atoms with van der Waals surface area (Å²) in [6, 6.07) is 1.49. The van der Waals surface area contributed by atoms with E-state index in [1.807, 2.05) is 0 Å². The molecule has 0 saturated carbocycles. The molecule has 0 radical (unpaired) electrons. The smallest absolute Gasteiger partial charge is 0.0209 e. The van der Waals surface area contributed by atoms with E-state index >= 15 is 0 Å². The van der Waals surface area contributed by atoms with E-state index in [0.717, 1.165) is 12.1 Å². The van der Waals surface area contributed by atoms with Crippen molar-refractivity contribution in [3.05, 3.63) is 0 Å². The standard InChI is InChI=1S/C14H29N3/c1-13-11-14(12-16(13)2)15-7-6-10-17-8-4-3-5-9-17/h13-15H,3-12H2,1-2H3. The fourth-order valence-electron chi connectivity index (χ4n) is 3.13. The van der Waals surface area contributed by atoms with Gasteiger partial charge in [0.25, 0.3) is 0 Å². The average Bonchev–Trinajstić information content (AvgIpc) is 2.66. The van der Waals surface area contributed by atoms with Crippen LogP contribution >= 0.6 is 0 Å². The highest BCUT2D eigenvalue weighted by atomic mass is 15.2. The molecule has 3 nitrogen and oxygen atoms in total. The summed E-state index contributed by atoms with van der Waals surface area (Å²) in [4.78, 5) is 5.09. The van der Waals surface area contributed by atoms with E-state index in [-0.39, 0.29) is 0 Å². The fraction of sp³-hybridized carbons (Fsp3) is 1.00. The van der Waals surface area contributed by atoms with Gasteiger partial charge in [-0.1, -0.05) is 6.42 Å². The Morgan fingerprint density at radius 2 is 1.94 bits per heavy atom. The summed E-state index contributed by atoms with van der Waals surface area (Å²) < 4.78 is 0. The Hall–Kier alpha value is -0.120. The molecule has 3 heteroatoms. The highest BCUT2D eigenvalue weighted by molar-refractivity contribution is 4.84. The van der Waals surface area contributed by atoms with Gasteiger partial charge in [0.2, 0.25) is 0 Å². The van der Waals surface area contributed by atoms with Crippen LogP contribution in [0.3, 0.4) is 0 Å². The van der Waals surface area contributed by atoms with Crippen molar-refractivity contribution in [3.63, 3.8) is 0 Å². The number of nitrogens with zero attached hydrogens (tertiary/aromatic N) is 2. The van der Waals surface area contributed by atoms with Crippen molar-refractivity contribution < 1.29 is 0 Å². The molecule has 0 aromatic heterocycles. The normalized spacial score (nSPS) is 32.1. The summed E-state index contributed by atoms with van der Waals surface area (Å²) in [5.41, 5.74) is 0. The van der Waals surface area contributed by atoms with Gasteiger partial charge < -0.3 is 15.1 Å². The minimum absolute atomic E-state index is 0.733. The Kier molecular flexibility index (Phi) is 5.26. The first kappa shape index (κ1) is 13.3. The van der Waals surface area contributed by atoms with Crippen LogP contribution in [-0.4, -0.2) is 61.7 Å². The van der Waals surface area contributed by atoms with Crippen LogP contribution in [0.5, 0.6) is 0 Å². The molecule has 0 aliphatic carbocycles. The number of hydrogen-bond acceptors (Lipinski definition) is 3. The second-order valence-corrected chi connectivity index (χ2v) is 5.93. The van der Waals surface area contributed by atoms with Gasteiger partial charge in [-0.15, -0.1) is 0 Å². The van der Waals surface area contributed by atoms with E-state index in [0.29, 0.717) is 0 Å². The molecule has 0 amide bonds. The van der Waals surface area contributed by atoms with E-state index in [2.05, 4.69) is 29.1 Å². The Morgan fingerprint density at radius 1 is 1.18 bits per heavy atom. The number of piperidine rings is 1. The molecule has 100 valence electrons. The lowest BCUT2D eigenvalue weighted by atomic mass is 10.1. The SMILES string of the molecule is CC1CC(NCCCN2CCCCC2)CN1C. The highest BCUT2D eigenvalue weighted by Crippen LogP contribution is 2.14. The summed E-state index contributed by atoms with van der Waals surface area (Å²) in [7, 11) is 2.24. The van der Waals surface area contributed by atoms with Crippen molar-refractivity contribution >= 4 is 0 Å². The number of likely N-dealkylation sites (tertiary alicyclic amines) is 2. The van der Waals surface area contributed by atoms with E-state index in [1.165, 1.54) is 64.8 Å². The predicted octanol–water partition coefficient (Wildman–Crippen LogP) is 1.54. The molecule has 17 heavy (non-hydrogen) atoms. The van der Waals surface area contributed by atoms with Crippen molar-refractivity contribution in [1.82, 2.24) is 15.1 Å². The van der Waals surface area contributed by atoms with Gasteiger partial charge in [0, 0.05) is 18.6 Å². The van der Waals surface area contributed by atoms with Gasteiger partial charge in [0.1, 0.15) is 0 Å². The topological polar surface area (TPSA) is 18.5 Å². The van der Waals surface area contributed by atoms with Gasteiger partial charge in [-0.3, -0.25) is 0 Å². The minimum Gasteiger partial charge on any atom is -0.313 e. The van der Waals surface area contributed by atoms with E-state index in [1.54, 1.807) is 0 Å². The average molecular weight is 239 g/mol. The summed E-state index contributed by atoms with van der Waals surface area (Å²) in [5.74, 6) is 0. The highest BCUT2D eigenvalue weighted by Gasteiger charge is 2.25. The van der Waals surface area contributed by atoms with Crippen LogP contribution in [0, 0.1) is 0 Å². The summed E-state index contributed by atoms with van der Waals surface area (Å²) >= 11 is 0. The zero-order chi connectivity index (χ0) is 12.1. The van der Waals surface area contributed by atoms with E-state index in [9.17, 15) is 0 Å². The lowest BCUT2D eigenvalue weighted by molar-refractivity contribution is 0.225. The summed E-state index contributed by atoms with van der Waals surface area (Å²) in [6.07, 6.45) is 6.91. The molecule has 0 bridgehead atoms. The molecular formula is C14H29N3. The third-order valence-corrected chi connectivity index (χ3v) is 4.42. The van der Waals surface area contributed by atoms with Gasteiger partial charge in [-0.05, 0) is 65.8 Å². The first-order chi connectivity index (χ1) is 8.25. The van der Waals surface area contributed by atoms with E-state index < -0.39 is 0 Å². The van der Waals surface area contributed by atoms with Gasteiger partial charge in [0.05, 0.1) is 0 Å². The predicted molar refractivity (Wildman–Crippen MR) is 73.4 cm³/mol. The zero-order valence-electron chi connectivity index (χ0n) is 11.6. The van der Waals surface area contributed by atoms with Crippen LogP contribution in [0.2, 0.25) is 0 Å². The third-order valence-electron chi connectivity index (χ3n) is 4.42. The van der Waals surface area contributed by atoms with Crippen LogP contribution in [0.15, 0.2) is 0 Å². The van der Waals surface area contributed by atoms with Crippen molar-refractivity contribution in [2.45, 2.75) is 51.1 Å². The number of nitrogens with one attached hydrogen (secondary N) is 1. The largest absolute Gasteiger partial charge is 0.313 e. The molecule has 2 saturated heterocycles. The first-order valence-electron chi connectivity index (χ1n) is 7.41. The van der Waals surface area contributed by atoms with Gasteiger partial charge in [-0.2, -0.15) is 0 Å². The molecule has 2 unspecified atom stereocenters. The van der Waals surface area contributed by atoms with Crippen LogP contribution in [-0.2, 0) is 0 Å². The molecule has 0 aromatic carbocycles. The van der Waals surface area contributed by atoms with Crippen LogP contribution in [0.25, 0.3) is 0 Å². The molecule has 1 N–H and O–H groups in total. The Morgan fingerprint density at radius 3 is 2.59 bits per heavy atom. The molecule has 2 rings (SSSR count). The third kappa shape index (κ3) is 4.23. The maximum absolute atomic E-state index is 3.71. The molecular weight excluding hydrogens is 210 g/mol. The molecule has 2 aliphatic rings. The first-order valence-corrected chi connectivity index (χ1v) is 7.41. The Bertz CT molecular complexity index is 204. The summed E-state index contributed by atoms with van der Waals surface area (Å²) in [6.45, 7) is 8.72. The molecule has 2 atom stereocenters. The van der Waals surface area contributed by atoms with Crippen LogP contribution in [0.1, 0.15) is 39.0 Å².